The molecule has 104 valence electrons. The Labute approximate surface area is 123 Å². The van der Waals surface area contributed by atoms with Crippen molar-refractivity contribution in [2.75, 3.05) is 0 Å². The van der Waals surface area contributed by atoms with Crippen molar-refractivity contribution in [2.24, 2.45) is 0 Å². The summed E-state index contributed by atoms with van der Waals surface area (Å²) in [5.41, 5.74) is 0.687. The molecule has 3 heterocycles. The van der Waals surface area contributed by atoms with Crippen molar-refractivity contribution < 1.29 is 12.8 Å². The summed E-state index contributed by atoms with van der Waals surface area (Å²) in [6, 6.07) is 6.71. The molecule has 0 spiro atoms. The normalized spacial score (nSPS) is 11.8. The van der Waals surface area contributed by atoms with Gasteiger partial charge in [0.2, 0.25) is 10.0 Å². The highest BCUT2D eigenvalue weighted by Gasteiger charge is 2.18. The number of furan rings is 1. The second-order valence-corrected chi connectivity index (χ2v) is 7.50. The maximum absolute atomic E-state index is 12.1. The molecule has 3 rings (SSSR count). The highest BCUT2D eigenvalue weighted by Crippen LogP contribution is 2.29. The number of thiophene rings is 1. The van der Waals surface area contributed by atoms with Crippen LogP contribution >= 0.6 is 22.9 Å². The van der Waals surface area contributed by atoms with Gasteiger partial charge in [-0.2, -0.15) is 0 Å². The van der Waals surface area contributed by atoms with Crippen LogP contribution < -0.4 is 4.72 Å². The molecule has 6 nitrogen and oxygen atoms in total. The van der Waals surface area contributed by atoms with E-state index in [1.54, 1.807) is 29.6 Å². The van der Waals surface area contributed by atoms with E-state index in [1.807, 2.05) is 0 Å². The summed E-state index contributed by atoms with van der Waals surface area (Å²) in [5, 5.41) is 5.69. The van der Waals surface area contributed by atoms with Crippen LogP contribution in [-0.2, 0) is 16.6 Å². The zero-order valence-electron chi connectivity index (χ0n) is 10.0. The first-order valence-electron chi connectivity index (χ1n) is 5.54. The van der Waals surface area contributed by atoms with Crippen molar-refractivity contribution in [2.45, 2.75) is 10.8 Å². The third kappa shape index (κ3) is 2.80. The van der Waals surface area contributed by atoms with Crippen LogP contribution in [0.15, 0.2) is 44.5 Å². The lowest BCUT2D eigenvalue weighted by molar-refractivity contribution is 0.499. The quantitative estimate of drug-likeness (QED) is 0.777. The zero-order valence-corrected chi connectivity index (χ0v) is 12.5. The molecule has 3 aromatic heterocycles. The third-order valence-corrected chi connectivity index (χ3v) is 5.98. The Morgan fingerprint density at radius 3 is 2.90 bits per heavy atom. The van der Waals surface area contributed by atoms with Crippen LogP contribution in [0.25, 0.3) is 10.6 Å². The molecule has 0 bridgehead atoms. The lowest BCUT2D eigenvalue weighted by atomic mass is 10.4. The molecule has 9 heteroatoms. The molecule has 0 saturated heterocycles. The predicted molar refractivity (Wildman–Crippen MR) is 76.0 cm³/mol. The molecule has 0 aliphatic carbocycles. The average Bonchev–Trinajstić information content (AvgIpc) is 3.16. The Hall–Kier alpha value is -1.55. The van der Waals surface area contributed by atoms with Crippen molar-refractivity contribution in [3.63, 3.8) is 0 Å². The lowest BCUT2D eigenvalue weighted by Crippen LogP contribution is -2.22. The first-order valence-corrected chi connectivity index (χ1v) is 8.68. The fraction of sp³-hybridized carbons (Fsp3) is 0.0909. The minimum absolute atomic E-state index is 0.126. The Morgan fingerprint density at radius 1 is 1.30 bits per heavy atom. The molecule has 0 fully saturated rings. The summed E-state index contributed by atoms with van der Waals surface area (Å²) in [6.45, 7) is 0.126. The largest absolute Gasteiger partial charge is 0.468 e. The number of nitrogens with one attached hydrogen (secondary N) is 1. The minimum Gasteiger partial charge on any atom is -0.468 e. The Bertz CT molecular complexity index is 776. The van der Waals surface area contributed by atoms with Crippen molar-refractivity contribution in [3.8, 4) is 10.6 Å². The number of aromatic nitrogens is 2. The van der Waals surface area contributed by atoms with E-state index >= 15 is 0 Å². The predicted octanol–water partition coefficient (Wildman–Crippen LogP) is 2.34. The maximum atomic E-state index is 12.1. The fourth-order valence-corrected chi connectivity index (χ4v) is 4.36. The van der Waals surface area contributed by atoms with Crippen molar-refractivity contribution in [3.05, 3.63) is 41.7 Å². The van der Waals surface area contributed by atoms with Gasteiger partial charge >= 0.3 is 0 Å². The second-order valence-electron chi connectivity index (χ2n) is 3.81. The van der Waals surface area contributed by atoms with E-state index in [-0.39, 0.29) is 10.8 Å². The number of sulfonamides is 1. The monoisotopic (exact) mass is 327 g/mol. The molecule has 3 aromatic rings. The van der Waals surface area contributed by atoms with Gasteiger partial charge in [0.25, 0.3) is 0 Å². The molecule has 0 aliphatic heterocycles. The first kappa shape index (κ1) is 13.4. The van der Waals surface area contributed by atoms with Crippen LogP contribution in [0.5, 0.6) is 0 Å². The number of hydrogen-bond donors (Lipinski definition) is 1. The van der Waals surface area contributed by atoms with Gasteiger partial charge in [-0.05, 0) is 35.8 Å². The van der Waals surface area contributed by atoms with Crippen molar-refractivity contribution >= 4 is 32.9 Å². The molecular weight excluding hydrogens is 318 g/mol. The van der Waals surface area contributed by atoms with Crippen LogP contribution in [0, 0.1) is 0 Å². The Kier molecular flexibility index (Phi) is 3.66. The van der Waals surface area contributed by atoms with Gasteiger partial charge in [0.1, 0.15) is 15.7 Å². The summed E-state index contributed by atoms with van der Waals surface area (Å²) in [5.74, 6) is 0.564. The summed E-state index contributed by atoms with van der Waals surface area (Å²) in [7, 11) is -3.54. The van der Waals surface area contributed by atoms with E-state index in [9.17, 15) is 8.42 Å². The average molecular weight is 327 g/mol. The van der Waals surface area contributed by atoms with E-state index < -0.39 is 10.0 Å². The zero-order chi connectivity index (χ0) is 14.0. The summed E-state index contributed by atoms with van der Waals surface area (Å²) in [4.78, 5) is 0.775. The SMILES string of the molecule is O=S(=O)(NCc1ccco1)c1ccc(-c2csnn2)s1. The molecular formula is C11H9N3O3S3. The highest BCUT2D eigenvalue weighted by atomic mass is 32.2. The van der Waals surface area contributed by atoms with Crippen LogP contribution in [0.4, 0.5) is 0 Å². The highest BCUT2D eigenvalue weighted by molar-refractivity contribution is 7.91. The number of nitrogens with zero attached hydrogens (tertiary/aromatic N) is 2. The molecule has 0 atom stereocenters. The standard InChI is InChI=1S/C11H9N3O3S3/c15-20(16,12-6-8-2-1-5-17-8)11-4-3-10(19-11)9-7-18-14-13-9/h1-5,7,12H,6H2. The second kappa shape index (κ2) is 5.44. The fourth-order valence-electron chi connectivity index (χ4n) is 1.52. The summed E-state index contributed by atoms with van der Waals surface area (Å²) >= 11 is 2.39. The molecule has 0 unspecified atom stereocenters. The Balaban J connectivity index is 1.78. The molecule has 0 aliphatic rings. The van der Waals surface area contributed by atoms with Gasteiger partial charge in [-0.3, -0.25) is 0 Å². The minimum atomic E-state index is -3.54. The van der Waals surface area contributed by atoms with E-state index in [1.165, 1.54) is 17.8 Å². The number of rotatable bonds is 5. The van der Waals surface area contributed by atoms with E-state index in [0.717, 1.165) is 16.2 Å². The van der Waals surface area contributed by atoms with Gasteiger partial charge in [-0.1, -0.05) is 4.49 Å². The van der Waals surface area contributed by atoms with Crippen LogP contribution in [0.3, 0.4) is 0 Å². The van der Waals surface area contributed by atoms with E-state index in [4.69, 9.17) is 4.42 Å². The smallest absolute Gasteiger partial charge is 0.250 e. The van der Waals surface area contributed by atoms with Gasteiger partial charge in [0, 0.05) is 5.38 Å². The van der Waals surface area contributed by atoms with E-state index in [0.29, 0.717) is 11.5 Å². The first-order chi connectivity index (χ1) is 9.65. The summed E-state index contributed by atoms with van der Waals surface area (Å²) in [6.07, 6.45) is 1.50. The topological polar surface area (TPSA) is 85.1 Å². The third-order valence-electron chi connectivity index (χ3n) is 2.48. The van der Waals surface area contributed by atoms with Crippen LogP contribution in [-0.4, -0.2) is 18.0 Å². The van der Waals surface area contributed by atoms with Crippen LogP contribution in [0.1, 0.15) is 5.76 Å². The van der Waals surface area contributed by atoms with Gasteiger partial charge in [0.05, 0.1) is 17.7 Å². The molecule has 0 aromatic carbocycles. The van der Waals surface area contributed by atoms with E-state index in [2.05, 4.69) is 14.3 Å². The van der Waals surface area contributed by atoms with Gasteiger partial charge < -0.3 is 4.42 Å². The Morgan fingerprint density at radius 2 is 2.20 bits per heavy atom. The van der Waals surface area contributed by atoms with Gasteiger partial charge in [0.15, 0.2) is 0 Å². The lowest BCUT2D eigenvalue weighted by Gasteiger charge is -2.02. The molecule has 0 amide bonds. The summed E-state index contributed by atoms with van der Waals surface area (Å²) < 4.78 is 35.9. The maximum Gasteiger partial charge on any atom is 0.250 e. The molecule has 0 saturated carbocycles. The van der Waals surface area contributed by atoms with Crippen molar-refractivity contribution in [1.29, 1.82) is 0 Å². The molecule has 0 radical (unpaired) electrons. The van der Waals surface area contributed by atoms with Gasteiger partial charge in [-0.15, -0.1) is 16.4 Å². The van der Waals surface area contributed by atoms with Crippen molar-refractivity contribution in [1.82, 2.24) is 14.3 Å². The molecule has 20 heavy (non-hydrogen) atoms. The number of hydrogen-bond acceptors (Lipinski definition) is 7. The molecule has 1 N–H and O–H groups in total. The van der Waals surface area contributed by atoms with Crippen LogP contribution in [0.2, 0.25) is 0 Å². The van der Waals surface area contributed by atoms with Gasteiger partial charge in [-0.25, -0.2) is 13.1 Å².